The molecule has 1 amide bonds. The molecule has 5 nitrogen and oxygen atoms in total. The minimum Gasteiger partial charge on any atom is -0.494 e. The molecule has 1 aliphatic rings. The van der Waals surface area contributed by atoms with E-state index < -0.39 is 0 Å². The van der Waals surface area contributed by atoms with Crippen LogP contribution < -0.4 is 14.8 Å². The smallest absolute Gasteiger partial charge is 0.264 e. The average Bonchev–Trinajstić information content (AvgIpc) is 3.14. The molecule has 0 atom stereocenters. The van der Waals surface area contributed by atoms with Crippen molar-refractivity contribution < 1.29 is 14.3 Å². The number of nitrogens with one attached hydrogen (secondary N) is 1. The quantitative estimate of drug-likeness (QED) is 0.274. The molecule has 0 aromatic heterocycles. The molecule has 1 fully saturated rings. The lowest BCUT2D eigenvalue weighted by molar-refractivity contribution is -0.115. The molecule has 0 bridgehead atoms. The standard InChI is InChI=1S/C25H19Br2ClN2O3S/c1-2-32-19-9-7-18(8-10-19)29-25-30-24(31)22(34-25)13-16-11-20(26)23(21(27)12-16)33-14-15-3-5-17(28)6-4-15/h3-13H,2,14H2,1H3,(H,29,30,31)/b22-13+. The molecule has 0 radical (unpaired) electrons. The van der Waals surface area contributed by atoms with Crippen LogP contribution in [0.4, 0.5) is 5.69 Å². The molecule has 4 rings (SSSR count). The zero-order chi connectivity index (χ0) is 24.1. The molecule has 0 aliphatic carbocycles. The van der Waals surface area contributed by atoms with E-state index in [1.165, 1.54) is 11.8 Å². The highest BCUT2D eigenvalue weighted by Crippen LogP contribution is 2.37. The summed E-state index contributed by atoms with van der Waals surface area (Å²) in [5.41, 5.74) is 2.59. The summed E-state index contributed by atoms with van der Waals surface area (Å²) in [6.07, 6.45) is 1.82. The van der Waals surface area contributed by atoms with E-state index in [4.69, 9.17) is 21.1 Å². The summed E-state index contributed by atoms with van der Waals surface area (Å²) < 4.78 is 13.0. The molecular formula is C25H19Br2ClN2O3S. The highest BCUT2D eigenvalue weighted by molar-refractivity contribution is 9.11. The second-order valence-corrected chi connectivity index (χ2v) is 10.3. The van der Waals surface area contributed by atoms with Gasteiger partial charge in [0.05, 0.1) is 26.1 Å². The Bertz CT molecular complexity index is 1240. The average molecular weight is 623 g/mol. The number of hydrogen-bond acceptors (Lipinski definition) is 5. The number of ether oxygens (including phenoxy) is 2. The van der Waals surface area contributed by atoms with E-state index in [1.54, 1.807) is 0 Å². The van der Waals surface area contributed by atoms with Crippen molar-refractivity contribution in [1.82, 2.24) is 5.32 Å². The van der Waals surface area contributed by atoms with Gasteiger partial charge < -0.3 is 14.8 Å². The number of rotatable bonds is 7. The summed E-state index contributed by atoms with van der Waals surface area (Å²) in [4.78, 5) is 17.5. The number of hydrogen-bond donors (Lipinski definition) is 1. The maximum absolute atomic E-state index is 12.5. The predicted molar refractivity (Wildman–Crippen MR) is 146 cm³/mol. The fraction of sp³-hybridized carbons (Fsp3) is 0.120. The Labute approximate surface area is 223 Å². The Morgan fingerprint density at radius 1 is 1.03 bits per heavy atom. The van der Waals surface area contributed by atoms with Gasteiger partial charge in [0.15, 0.2) is 5.17 Å². The highest BCUT2D eigenvalue weighted by Gasteiger charge is 2.24. The molecular weight excluding hydrogens is 604 g/mol. The van der Waals surface area contributed by atoms with Gasteiger partial charge in [0.25, 0.3) is 5.91 Å². The van der Waals surface area contributed by atoms with Crippen LogP contribution >= 0.6 is 55.2 Å². The van der Waals surface area contributed by atoms with Crippen molar-refractivity contribution in [2.75, 3.05) is 6.61 Å². The molecule has 0 spiro atoms. The minimum absolute atomic E-state index is 0.190. The lowest BCUT2D eigenvalue weighted by Crippen LogP contribution is -2.19. The first-order valence-corrected chi connectivity index (χ1v) is 13.1. The second-order valence-electron chi connectivity index (χ2n) is 7.14. The first kappa shape index (κ1) is 24.9. The van der Waals surface area contributed by atoms with Crippen molar-refractivity contribution in [3.05, 3.63) is 90.7 Å². The topological polar surface area (TPSA) is 59.9 Å². The Morgan fingerprint density at radius 2 is 1.71 bits per heavy atom. The minimum atomic E-state index is -0.190. The van der Waals surface area contributed by atoms with Crippen molar-refractivity contribution in [3.63, 3.8) is 0 Å². The third-order valence-corrected chi connectivity index (χ3v) is 6.98. The van der Waals surface area contributed by atoms with Crippen molar-refractivity contribution in [1.29, 1.82) is 0 Å². The van der Waals surface area contributed by atoms with Gasteiger partial charge >= 0.3 is 0 Å². The van der Waals surface area contributed by atoms with E-state index >= 15 is 0 Å². The summed E-state index contributed by atoms with van der Waals surface area (Å²) in [7, 11) is 0. The van der Waals surface area contributed by atoms with Crippen LogP contribution in [-0.2, 0) is 11.4 Å². The number of halogens is 3. The van der Waals surface area contributed by atoms with Crippen molar-refractivity contribution in [2.45, 2.75) is 13.5 Å². The van der Waals surface area contributed by atoms with Crippen molar-refractivity contribution in [3.8, 4) is 11.5 Å². The molecule has 1 heterocycles. The van der Waals surface area contributed by atoms with Gasteiger partial charge in [-0.1, -0.05) is 23.7 Å². The van der Waals surface area contributed by atoms with Crippen molar-refractivity contribution in [2.24, 2.45) is 4.99 Å². The van der Waals surface area contributed by atoms with Gasteiger partial charge in [0.2, 0.25) is 0 Å². The Hall–Kier alpha value is -2.26. The van der Waals surface area contributed by atoms with Crippen LogP contribution in [0, 0.1) is 0 Å². The third kappa shape index (κ3) is 6.44. The van der Waals surface area contributed by atoms with Crippen LogP contribution in [0.1, 0.15) is 18.1 Å². The number of amidine groups is 1. The Kier molecular flexibility index (Phi) is 8.37. The maximum Gasteiger partial charge on any atom is 0.264 e. The van der Waals surface area contributed by atoms with Crippen molar-refractivity contribution >= 4 is 78.1 Å². The number of benzene rings is 3. The Balaban J connectivity index is 1.46. The third-order valence-electron chi connectivity index (χ3n) is 4.64. The number of thioether (sulfide) groups is 1. The van der Waals surface area contributed by atoms with Crippen LogP contribution in [0.2, 0.25) is 5.02 Å². The summed E-state index contributed by atoms with van der Waals surface area (Å²) in [6, 6.07) is 18.7. The van der Waals surface area contributed by atoms with Gasteiger partial charge in [-0.25, -0.2) is 4.99 Å². The van der Waals surface area contributed by atoms with Crippen LogP contribution in [0.25, 0.3) is 6.08 Å². The normalized spacial score (nSPS) is 15.6. The van der Waals surface area contributed by atoms with Gasteiger partial charge in [0.1, 0.15) is 18.1 Å². The molecule has 3 aromatic carbocycles. The van der Waals surface area contributed by atoms with Crippen LogP contribution in [0.5, 0.6) is 11.5 Å². The first-order chi connectivity index (χ1) is 16.4. The summed E-state index contributed by atoms with van der Waals surface area (Å²) in [5.74, 6) is 1.27. The molecule has 1 N–H and O–H groups in total. The largest absolute Gasteiger partial charge is 0.494 e. The van der Waals surface area contributed by atoms with Gasteiger partial charge in [-0.2, -0.15) is 0 Å². The molecule has 1 saturated heterocycles. The highest BCUT2D eigenvalue weighted by atomic mass is 79.9. The predicted octanol–water partition coefficient (Wildman–Crippen LogP) is 7.73. The van der Waals surface area contributed by atoms with Crippen LogP contribution in [0.15, 0.2) is 79.5 Å². The second kappa shape index (κ2) is 11.4. The van der Waals surface area contributed by atoms with E-state index in [2.05, 4.69) is 42.2 Å². The number of carbonyl (C=O) groups excluding carboxylic acids is 1. The zero-order valence-electron chi connectivity index (χ0n) is 18.0. The van der Waals surface area contributed by atoms with E-state index in [-0.39, 0.29) is 5.91 Å². The Morgan fingerprint density at radius 3 is 2.35 bits per heavy atom. The van der Waals surface area contributed by atoms with E-state index in [0.717, 1.165) is 31.5 Å². The van der Waals surface area contributed by atoms with Crippen LogP contribution in [0.3, 0.4) is 0 Å². The van der Waals surface area contributed by atoms with Gasteiger partial charge in [-0.05, 0) is 116 Å². The first-order valence-electron chi connectivity index (χ1n) is 10.3. The van der Waals surface area contributed by atoms with Gasteiger partial charge in [-0.15, -0.1) is 0 Å². The van der Waals surface area contributed by atoms with Gasteiger partial charge in [0, 0.05) is 5.02 Å². The molecule has 9 heteroatoms. The molecule has 174 valence electrons. The van der Waals surface area contributed by atoms with Crippen LogP contribution in [-0.4, -0.2) is 17.7 Å². The van der Waals surface area contributed by atoms with Gasteiger partial charge in [-0.3, -0.25) is 4.79 Å². The van der Waals surface area contributed by atoms with E-state index in [1.807, 2.05) is 73.7 Å². The number of aliphatic imine (C=N–C) groups is 1. The number of nitrogens with zero attached hydrogens (tertiary/aromatic N) is 1. The SMILES string of the molecule is CCOc1ccc(N=C2NC(=O)/C(=C\c3cc(Br)c(OCc4ccc(Cl)cc4)c(Br)c3)S2)cc1. The van der Waals surface area contributed by atoms with E-state index in [0.29, 0.717) is 34.1 Å². The zero-order valence-corrected chi connectivity index (χ0v) is 22.7. The van der Waals surface area contributed by atoms with E-state index in [9.17, 15) is 4.79 Å². The summed E-state index contributed by atoms with van der Waals surface area (Å²) in [5, 5.41) is 4.03. The maximum atomic E-state index is 12.5. The monoisotopic (exact) mass is 620 g/mol. The number of carbonyl (C=O) groups is 1. The lowest BCUT2D eigenvalue weighted by atomic mass is 10.2. The molecule has 34 heavy (non-hydrogen) atoms. The number of amides is 1. The lowest BCUT2D eigenvalue weighted by Gasteiger charge is -2.11. The molecule has 1 aliphatic heterocycles. The fourth-order valence-electron chi connectivity index (χ4n) is 3.07. The fourth-order valence-corrected chi connectivity index (χ4v) is 5.49. The molecule has 0 saturated carbocycles. The summed E-state index contributed by atoms with van der Waals surface area (Å²) >= 11 is 14.4. The molecule has 3 aromatic rings. The molecule has 0 unspecified atom stereocenters. The summed E-state index contributed by atoms with van der Waals surface area (Å²) in [6.45, 7) is 2.94.